The second-order valence-electron chi connectivity index (χ2n) is 4.87. The molecule has 0 saturated carbocycles. The first-order chi connectivity index (χ1) is 9.78. The fourth-order valence-electron chi connectivity index (χ4n) is 2.43. The van der Waals surface area contributed by atoms with E-state index in [2.05, 4.69) is 46.3 Å². The summed E-state index contributed by atoms with van der Waals surface area (Å²) in [6.07, 6.45) is 3.99. The molecule has 2 N–H and O–H groups in total. The molecule has 0 aromatic carbocycles. The van der Waals surface area contributed by atoms with Gasteiger partial charge in [-0.3, -0.25) is 10.1 Å². The van der Waals surface area contributed by atoms with E-state index in [1.165, 1.54) is 0 Å². The normalized spacial score (nSPS) is 16.6. The van der Waals surface area contributed by atoms with Gasteiger partial charge in [0.05, 0.1) is 0 Å². The van der Waals surface area contributed by atoms with Crippen molar-refractivity contribution in [3.8, 4) is 11.5 Å². The second-order valence-corrected chi connectivity index (χ2v) is 5.72. The van der Waals surface area contributed by atoms with Crippen molar-refractivity contribution in [2.24, 2.45) is 0 Å². The van der Waals surface area contributed by atoms with Gasteiger partial charge in [0, 0.05) is 29.8 Å². The van der Waals surface area contributed by atoms with Crippen LogP contribution >= 0.6 is 15.9 Å². The molecule has 1 saturated heterocycles. The summed E-state index contributed by atoms with van der Waals surface area (Å²) < 4.78 is 0.914. The van der Waals surface area contributed by atoms with Crippen molar-refractivity contribution in [1.29, 1.82) is 0 Å². The Morgan fingerprint density at radius 3 is 2.90 bits per heavy atom. The first-order valence-electron chi connectivity index (χ1n) is 6.73. The van der Waals surface area contributed by atoms with E-state index in [9.17, 15) is 0 Å². The standard InChI is InChI=1S/C13H17BrN6/c1-15-9-4-7-20(8-5-9)13-17-12(18-19-13)11-10(14)3-2-6-16-11/h2-3,6,9,15H,4-5,7-8H2,1H3,(H,17,18,19). The van der Waals surface area contributed by atoms with Crippen molar-refractivity contribution < 1.29 is 0 Å². The average molecular weight is 337 g/mol. The van der Waals surface area contributed by atoms with Crippen LogP contribution in [0.5, 0.6) is 0 Å². The molecule has 0 bridgehead atoms. The van der Waals surface area contributed by atoms with Crippen molar-refractivity contribution in [1.82, 2.24) is 25.5 Å². The largest absolute Gasteiger partial charge is 0.339 e. The molecule has 1 fully saturated rings. The summed E-state index contributed by atoms with van der Waals surface area (Å²) in [5.74, 6) is 1.45. The summed E-state index contributed by atoms with van der Waals surface area (Å²) in [4.78, 5) is 11.1. The van der Waals surface area contributed by atoms with Crippen molar-refractivity contribution in [3.63, 3.8) is 0 Å². The smallest absolute Gasteiger partial charge is 0.245 e. The molecule has 0 unspecified atom stereocenters. The number of nitrogens with one attached hydrogen (secondary N) is 2. The number of nitrogens with zero attached hydrogens (tertiary/aromatic N) is 4. The highest BCUT2D eigenvalue weighted by Gasteiger charge is 2.21. The zero-order valence-electron chi connectivity index (χ0n) is 11.3. The maximum Gasteiger partial charge on any atom is 0.245 e. The molecule has 0 aliphatic carbocycles. The monoisotopic (exact) mass is 336 g/mol. The van der Waals surface area contributed by atoms with Crippen LogP contribution < -0.4 is 10.2 Å². The maximum absolute atomic E-state index is 4.56. The SMILES string of the molecule is CNC1CCN(c2n[nH]c(-c3ncccc3Br)n2)CC1. The highest BCUT2D eigenvalue weighted by atomic mass is 79.9. The third-order valence-corrected chi connectivity index (χ3v) is 4.28. The molecule has 106 valence electrons. The molecule has 6 nitrogen and oxygen atoms in total. The molecule has 0 amide bonds. The van der Waals surface area contributed by atoms with Gasteiger partial charge in [-0.05, 0) is 48.0 Å². The van der Waals surface area contributed by atoms with Gasteiger partial charge < -0.3 is 10.2 Å². The molecule has 3 rings (SSSR count). The highest BCUT2D eigenvalue weighted by molar-refractivity contribution is 9.10. The zero-order valence-corrected chi connectivity index (χ0v) is 12.9. The summed E-state index contributed by atoms with van der Waals surface area (Å²) in [7, 11) is 2.02. The fraction of sp³-hybridized carbons (Fsp3) is 0.462. The number of rotatable bonds is 3. The van der Waals surface area contributed by atoms with Crippen LogP contribution in [0.4, 0.5) is 5.95 Å². The molecule has 0 atom stereocenters. The molecule has 20 heavy (non-hydrogen) atoms. The number of anilines is 1. The lowest BCUT2D eigenvalue weighted by molar-refractivity contribution is 0.439. The Balaban J connectivity index is 1.76. The minimum absolute atomic E-state index is 0.606. The van der Waals surface area contributed by atoms with Gasteiger partial charge in [0.2, 0.25) is 5.95 Å². The van der Waals surface area contributed by atoms with Gasteiger partial charge in [0.1, 0.15) is 5.69 Å². The van der Waals surface area contributed by atoms with Crippen molar-refractivity contribution in [2.45, 2.75) is 18.9 Å². The van der Waals surface area contributed by atoms with E-state index in [0.717, 1.165) is 42.0 Å². The topological polar surface area (TPSA) is 69.7 Å². The van der Waals surface area contributed by atoms with Crippen LogP contribution in [0.2, 0.25) is 0 Å². The van der Waals surface area contributed by atoms with Gasteiger partial charge >= 0.3 is 0 Å². The number of hydrogen-bond acceptors (Lipinski definition) is 5. The van der Waals surface area contributed by atoms with Gasteiger partial charge in [-0.2, -0.15) is 4.98 Å². The first kappa shape index (κ1) is 13.5. The van der Waals surface area contributed by atoms with Crippen LogP contribution in [0.3, 0.4) is 0 Å². The summed E-state index contributed by atoms with van der Waals surface area (Å²) in [6, 6.07) is 4.44. The Kier molecular flexibility index (Phi) is 3.98. The summed E-state index contributed by atoms with van der Waals surface area (Å²) in [5.41, 5.74) is 0.788. The van der Waals surface area contributed by atoms with Gasteiger partial charge in [0.25, 0.3) is 0 Å². The molecule has 2 aromatic heterocycles. The average Bonchev–Trinajstić information content (AvgIpc) is 2.97. The fourth-order valence-corrected chi connectivity index (χ4v) is 2.87. The van der Waals surface area contributed by atoms with Gasteiger partial charge in [-0.1, -0.05) is 0 Å². The van der Waals surface area contributed by atoms with E-state index in [0.29, 0.717) is 11.9 Å². The minimum Gasteiger partial charge on any atom is -0.339 e. The Morgan fingerprint density at radius 2 is 2.20 bits per heavy atom. The summed E-state index contributed by atoms with van der Waals surface area (Å²) in [6.45, 7) is 1.96. The quantitative estimate of drug-likeness (QED) is 0.894. The second kappa shape index (κ2) is 5.88. The predicted octanol–water partition coefficient (Wildman–Crippen LogP) is 1.82. The van der Waals surface area contributed by atoms with Crippen molar-refractivity contribution >= 4 is 21.9 Å². The van der Waals surface area contributed by atoms with Crippen LogP contribution in [-0.2, 0) is 0 Å². The van der Waals surface area contributed by atoms with E-state index in [1.807, 2.05) is 19.2 Å². The Labute approximate surface area is 126 Å². The number of hydrogen-bond donors (Lipinski definition) is 2. The number of aromatic nitrogens is 4. The Hall–Kier alpha value is -1.47. The predicted molar refractivity (Wildman–Crippen MR) is 81.6 cm³/mol. The third-order valence-electron chi connectivity index (χ3n) is 3.64. The molecule has 7 heteroatoms. The molecular formula is C13H17BrN6. The molecule has 0 spiro atoms. The number of piperidine rings is 1. The van der Waals surface area contributed by atoms with E-state index in [-0.39, 0.29) is 0 Å². The van der Waals surface area contributed by atoms with Crippen LogP contribution in [-0.4, -0.2) is 46.3 Å². The Bertz CT molecular complexity index is 576. The molecule has 3 heterocycles. The summed E-state index contributed by atoms with van der Waals surface area (Å²) in [5, 5.41) is 10.6. The lowest BCUT2D eigenvalue weighted by Crippen LogP contribution is -2.41. The zero-order chi connectivity index (χ0) is 13.9. The van der Waals surface area contributed by atoms with E-state index in [1.54, 1.807) is 6.20 Å². The number of aromatic amines is 1. The lowest BCUT2D eigenvalue weighted by atomic mass is 10.1. The van der Waals surface area contributed by atoms with Crippen molar-refractivity contribution in [2.75, 3.05) is 25.0 Å². The minimum atomic E-state index is 0.606. The maximum atomic E-state index is 4.56. The van der Waals surface area contributed by atoms with Crippen LogP contribution in [0.25, 0.3) is 11.5 Å². The van der Waals surface area contributed by atoms with Crippen LogP contribution in [0.1, 0.15) is 12.8 Å². The van der Waals surface area contributed by atoms with Crippen molar-refractivity contribution in [3.05, 3.63) is 22.8 Å². The van der Waals surface area contributed by atoms with E-state index in [4.69, 9.17) is 0 Å². The number of H-pyrrole nitrogens is 1. The lowest BCUT2D eigenvalue weighted by Gasteiger charge is -2.30. The molecule has 0 radical (unpaired) electrons. The first-order valence-corrected chi connectivity index (χ1v) is 7.52. The molecular weight excluding hydrogens is 320 g/mol. The Morgan fingerprint density at radius 1 is 1.40 bits per heavy atom. The van der Waals surface area contributed by atoms with Crippen LogP contribution in [0.15, 0.2) is 22.8 Å². The summed E-state index contributed by atoms with van der Waals surface area (Å²) >= 11 is 3.48. The van der Waals surface area contributed by atoms with E-state index >= 15 is 0 Å². The third kappa shape index (κ3) is 2.69. The van der Waals surface area contributed by atoms with Gasteiger partial charge in [-0.15, -0.1) is 5.10 Å². The molecule has 2 aromatic rings. The van der Waals surface area contributed by atoms with Gasteiger partial charge in [0.15, 0.2) is 5.82 Å². The number of halogens is 1. The van der Waals surface area contributed by atoms with Crippen LogP contribution in [0, 0.1) is 0 Å². The highest BCUT2D eigenvalue weighted by Crippen LogP contribution is 2.24. The number of pyridine rings is 1. The molecule has 1 aliphatic rings. The molecule has 1 aliphatic heterocycles. The van der Waals surface area contributed by atoms with Gasteiger partial charge in [-0.25, -0.2) is 0 Å². The van der Waals surface area contributed by atoms with E-state index < -0.39 is 0 Å².